The molecule has 3 N–H and O–H groups in total. The van der Waals surface area contributed by atoms with Gasteiger partial charge < -0.3 is 25.3 Å². The molecule has 23 heavy (non-hydrogen) atoms. The van der Waals surface area contributed by atoms with Crippen LogP contribution in [0.15, 0.2) is 29.3 Å². The van der Waals surface area contributed by atoms with Gasteiger partial charge in [0.25, 0.3) is 0 Å². The lowest BCUT2D eigenvalue weighted by Gasteiger charge is -2.27. The minimum atomic E-state index is -0.519. The van der Waals surface area contributed by atoms with Crippen molar-refractivity contribution in [3.8, 4) is 5.75 Å². The average molecular weight is 433 g/mol. The molecule has 1 atom stereocenters. The van der Waals surface area contributed by atoms with E-state index in [0.717, 1.165) is 17.7 Å². The SMILES string of the molecule is CC1(CCN=C(N)NC2CCOc3ccccc32)OCCO1.I. The van der Waals surface area contributed by atoms with Gasteiger partial charge in [0.1, 0.15) is 5.75 Å². The highest BCUT2D eigenvalue weighted by atomic mass is 127. The first-order valence-electron chi connectivity index (χ1n) is 7.72. The number of nitrogens with one attached hydrogen (secondary N) is 1. The van der Waals surface area contributed by atoms with E-state index >= 15 is 0 Å². The Kier molecular flexibility index (Phi) is 6.49. The second-order valence-corrected chi connectivity index (χ2v) is 5.72. The van der Waals surface area contributed by atoms with Gasteiger partial charge in [0, 0.05) is 24.9 Å². The number of hydrogen-bond acceptors (Lipinski definition) is 4. The zero-order chi connectivity index (χ0) is 15.4. The van der Waals surface area contributed by atoms with Crippen molar-refractivity contribution in [3.05, 3.63) is 29.8 Å². The summed E-state index contributed by atoms with van der Waals surface area (Å²) in [4.78, 5) is 4.38. The fourth-order valence-electron chi connectivity index (χ4n) is 2.80. The van der Waals surface area contributed by atoms with Crippen molar-refractivity contribution in [2.45, 2.75) is 31.6 Å². The number of hydrogen-bond donors (Lipinski definition) is 2. The number of nitrogens with zero attached hydrogens (tertiary/aromatic N) is 1. The van der Waals surface area contributed by atoms with Crippen molar-refractivity contribution < 1.29 is 14.2 Å². The first-order valence-corrected chi connectivity index (χ1v) is 7.72. The molecule has 2 heterocycles. The molecule has 1 unspecified atom stereocenters. The molecule has 0 aromatic heterocycles. The zero-order valence-corrected chi connectivity index (χ0v) is 15.6. The van der Waals surface area contributed by atoms with Crippen LogP contribution in [-0.2, 0) is 9.47 Å². The Balaban J connectivity index is 0.00000192. The first-order chi connectivity index (χ1) is 10.7. The molecule has 1 aromatic carbocycles. The van der Waals surface area contributed by atoms with Crippen LogP contribution in [0.2, 0.25) is 0 Å². The summed E-state index contributed by atoms with van der Waals surface area (Å²) in [6.07, 6.45) is 1.57. The molecule has 7 heteroatoms. The lowest BCUT2D eigenvalue weighted by molar-refractivity contribution is -0.144. The van der Waals surface area contributed by atoms with Gasteiger partial charge in [0.05, 0.1) is 25.9 Å². The number of benzene rings is 1. The van der Waals surface area contributed by atoms with Crippen LogP contribution in [0.5, 0.6) is 5.75 Å². The first kappa shape index (κ1) is 18.3. The van der Waals surface area contributed by atoms with Gasteiger partial charge in [0.2, 0.25) is 0 Å². The Morgan fingerprint density at radius 3 is 2.83 bits per heavy atom. The van der Waals surface area contributed by atoms with Crippen LogP contribution in [0, 0.1) is 0 Å². The molecule has 0 radical (unpaired) electrons. The summed E-state index contributed by atoms with van der Waals surface area (Å²) in [5, 5.41) is 3.28. The molecular formula is C16H24IN3O3. The monoisotopic (exact) mass is 433 g/mol. The van der Waals surface area contributed by atoms with Gasteiger partial charge in [0.15, 0.2) is 11.7 Å². The van der Waals surface area contributed by atoms with E-state index in [9.17, 15) is 0 Å². The van der Waals surface area contributed by atoms with Gasteiger partial charge in [-0.2, -0.15) is 0 Å². The minimum Gasteiger partial charge on any atom is -0.493 e. The van der Waals surface area contributed by atoms with Gasteiger partial charge in [-0.05, 0) is 13.0 Å². The normalized spacial score (nSPS) is 22.7. The number of nitrogens with two attached hydrogens (primary N) is 1. The van der Waals surface area contributed by atoms with E-state index < -0.39 is 5.79 Å². The molecule has 0 amide bonds. The molecule has 1 fully saturated rings. The second-order valence-electron chi connectivity index (χ2n) is 5.72. The highest BCUT2D eigenvalue weighted by molar-refractivity contribution is 14.0. The van der Waals surface area contributed by atoms with Crippen LogP contribution in [0.1, 0.15) is 31.4 Å². The van der Waals surface area contributed by atoms with E-state index in [1.165, 1.54) is 0 Å². The number of fused-ring (bicyclic) bond motifs is 1. The molecule has 2 aliphatic heterocycles. The maximum atomic E-state index is 6.01. The number of rotatable bonds is 4. The third kappa shape index (κ3) is 4.71. The predicted molar refractivity (Wildman–Crippen MR) is 99.3 cm³/mol. The summed E-state index contributed by atoms with van der Waals surface area (Å²) in [5.74, 6) is 0.845. The number of halogens is 1. The van der Waals surface area contributed by atoms with Crippen molar-refractivity contribution in [3.63, 3.8) is 0 Å². The fraction of sp³-hybridized carbons (Fsp3) is 0.562. The highest BCUT2D eigenvalue weighted by Gasteiger charge is 2.30. The molecule has 1 aromatic rings. The average Bonchev–Trinajstić information content (AvgIpc) is 2.94. The van der Waals surface area contributed by atoms with Crippen LogP contribution in [-0.4, -0.2) is 38.1 Å². The highest BCUT2D eigenvalue weighted by Crippen LogP contribution is 2.31. The quantitative estimate of drug-likeness (QED) is 0.433. The largest absolute Gasteiger partial charge is 0.493 e. The predicted octanol–water partition coefficient (Wildman–Crippen LogP) is 2.19. The van der Waals surface area contributed by atoms with E-state index in [1.807, 2.05) is 25.1 Å². The molecule has 0 bridgehead atoms. The van der Waals surface area contributed by atoms with Crippen molar-refractivity contribution in [1.29, 1.82) is 0 Å². The second kappa shape index (κ2) is 8.16. The molecule has 128 valence electrons. The van der Waals surface area contributed by atoms with E-state index in [2.05, 4.69) is 16.4 Å². The zero-order valence-electron chi connectivity index (χ0n) is 13.3. The molecule has 2 aliphatic rings. The van der Waals surface area contributed by atoms with Crippen molar-refractivity contribution >= 4 is 29.9 Å². The van der Waals surface area contributed by atoms with Crippen LogP contribution in [0.3, 0.4) is 0 Å². The molecular weight excluding hydrogens is 409 g/mol. The molecule has 6 nitrogen and oxygen atoms in total. The van der Waals surface area contributed by atoms with E-state index in [4.69, 9.17) is 19.9 Å². The Hall–Kier alpha value is -1.06. The Labute approximate surface area is 153 Å². The molecule has 0 aliphatic carbocycles. The third-order valence-corrected chi connectivity index (χ3v) is 4.03. The van der Waals surface area contributed by atoms with Crippen LogP contribution in [0.25, 0.3) is 0 Å². The molecule has 1 saturated heterocycles. The van der Waals surface area contributed by atoms with E-state index in [0.29, 0.717) is 38.7 Å². The maximum Gasteiger partial charge on any atom is 0.189 e. The lowest BCUT2D eigenvalue weighted by atomic mass is 10.0. The Bertz CT molecular complexity index is 547. The summed E-state index contributed by atoms with van der Waals surface area (Å²) >= 11 is 0. The van der Waals surface area contributed by atoms with Gasteiger partial charge in [-0.1, -0.05) is 18.2 Å². The molecule has 0 spiro atoms. The molecule has 0 saturated carbocycles. The lowest BCUT2D eigenvalue weighted by Crippen LogP contribution is -2.37. The van der Waals surface area contributed by atoms with Crippen LogP contribution >= 0.6 is 24.0 Å². The van der Waals surface area contributed by atoms with Crippen LogP contribution in [0.4, 0.5) is 0 Å². The van der Waals surface area contributed by atoms with Gasteiger partial charge in [-0.3, -0.25) is 4.99 Å². The smallest absolute Gasteiger partial charge is 0.189 e. The Morgan fingerprint density at radius 2 is 2.04 bits per heavy atom. The summed E-state index contributed by atoms with van der Waals surface area (Å²) in [6, 6.07) is 8.15. The summed E-state index contributed by atoms with van der Waals surface area (Å²) in [7, 11) is 0. The fourth-order valence-corrected chi connectivity index (χ4v) is 2.80. The molecule has 3 rings (SSSR count). The van der Waals surface area contributed by atoms with Crippen molar-refractivity contribution in [2.75, 3.05) is 26.4 Å². The topological polar surface area (TPSA) is 78.1 Å². The Morgan fingerprint density at radius 1 is 1.30 bits per heavy atom. The number of guanidine groups is 1. The summed E-state index contributed by atoms with van der Waals surface area (Å²) < 4.78 is 16.7. The maximum absolute atomic E-state index is 6.01. The number of ether oxygens (including phenoxy) is 3. The van der Waals surface area contributed by atoms with Gasteiger partial charge in [-0.15, -0.1) is 24.0 Å². The minimum absolute atomic E-state index is 0. The van der Waals surface area contributed by atoms with E-state index in [1.54, 1.807) is 0 Å². The summed E-state index contributed by atoms with van der Waals surface area (Å²) in [6.45, 7) is 4.48. The standard InChI is InChI=1S/C16H23N3O3.HI/c1-16(21-10-11-22-16)7-8-18-15(17)19-13-6-9-20-14-5-3-2-4-12(13)14;/h2-5,13H,6-11H2,1H3,(H3,17,18,19);1H. The van der Waals surface area contributed by atoms with Crippen molar-refractivity contribution in [2.24, 2.45) is 10.7 Å². The van der Waals surface area contributed by atoms with Crippen LogP contribution < -0.4 is 15.8 Å². The number of aliphatic imine (C=N–C) groups is 1. The number of para-hydroxylation sites is 1. The van der Waals surface area contributed by atoms with Gasteiger partial charge in [-0.25, -0.2) is 0 Å². The summed E-state index contributed by atoms with van der Waals surface area (Å²) in [5.41, 5.74) is 7.13. The van der Waals surface area contributed by atoms with Crippen molar-refractivity contribution in [1.82, 2.24) is 5.32 Å². The van der Waals surface area contributed by atoms with Gasteiger partial charge >= 0.3 is 0 Å². The third-order valence-electron chi connectivity index (χ3n) is 4.03. The van der Waals surface area contributed by atoms with E-state index in [-0.39, 0.29) is 30.0 Å².